The highest BCUT2D eigenvalue weighted by Gasteiger charge is 2.52. The highest BCUT2D eigenvalue weighted by Crippen LogP contribution is 2.38. The monoisotopic (exact) mass is 266 g/mol. The summed E-state index contributed by atoms with van der Waals surface area (Å²) in [6.07, 6.45) is 6.77. The molecule has 0 bridgehead atoms. The lowest BCUT2D eigenvalue weighted by Crippen LogP contribution is -2.47. The first-order chi connectivity index (χ1) is 9.14. The van der Waals surface area contributed by atoms with Gasteiger partial charge in [-0.1, -0.05) is 12.8 Å². The van der Waals surface area contributed by atoms with Crippen LogP contribution in [0.1, 0.15) is 52.4 Å². The van der Waals surface area contributed by atoms with E-state index in [4.69, 9.17) is 4.74 Å². The van der Waals surface area contributed by atoms with Crippen LogP contribution in [0.2, 0.25) is 0 Å². The van der Waals surface area contributed by atoms with Gasteiger partial charge in [-0.2, -0.15) is 0 Å². The van der Waals surface area contributed by atoms with Crippen LogP contribution >= 0.6 is 0 Å². The average molecular weight is 266 g/mol. The number of carbonyl (C=O) groups excluding carboxylic acids is 1. The number of hydrogen-bond donors (Lipinski definition) is 1. The van der Waals surface area contributed by atoms with Crippen LogP contribution in [-0.4, -0.2) is 41.8 Å². The molecule has 2 aliphatic heterocycles. The molecule has 1 amide bonds. The van der Waals surface area contributed by atoms with E-state index in [0.29, 0.717) is 17.9 Å². The molecule has 108 valence electrons. The first-order valence-electron chi connectivity index (χ1n) is 7.82. The molecular formula is C15H26N2O2. The predicted molar refractivity (Wildman–Crippen MR) is 73.6 cm³/mol. The van der Waals surface area contributed by atoms with Crippen molar-refractivity contribution >= 4 is 5.91 Å². The average Bonchev–Trinajstić information content (AvgIpc) is 2.97. The Hall–Kier alpha value is -0.610. The fourth-order valence-corrected chi connectivity index (χ4v) is 4.25. The number of nitrogens with zero attached hydrogens (tertiary/aromatic N) is 1. The van der Waals surface area contributed by atoms with Crippen molar-refractivity contribution in [3.8, 4) is 0 Å². The van der Waals surface area contributed by atoms with Crippen molar-refractivity contribution in [1.29, 1.82) is 0 Å². The Kier molecular flexibility index (Phi) is 3.56. The standard InChI is InChI=1S/C15H26N2O2/c1-11(13-5-9-19-10-6-13)17-12(2)16-15(14(17)18)7-3-4-8-15/h11-13,16H,3-10H2,1-2H3. The van der Waals surface area contributed by atoms with E-state index in [0.717, 1.165) is 38.9 Å². The summed E-state index contributed by atoms with van der Waals surface area (Å²) in [5, 5.41) is 3.59. The summed E-state index contributed by atoms with van der Waals surface area (Å²) in [5.74, 6) is 0.954. The fourth-order valence-electron chi connectivity index (χ4n) is 4.25. The number of rotatable bonds is 2. The molecule has 4 nitrogen and oxygen atoms in total. The molecule has 1 aliphatic carbocycles. The maximum absolute atomic E-state index is 12.9. The van der Waals surface area contributed by atoms with E-state index < -0.39 is 0 Å². The highest BCUT2D eigenvalue weighted by molar-refractivity contribution is 5.89. The van der Waals surface area contributed by atoms with Crippen molar-refractivity contribution in [1.82, 2.24) is 10.2 Å². The Bertz CT molecular complexity index is 346. The second kappa shape index (κ2) is 5.06. The third-order valence-corrected chi connectivity index (χ3v) is 5.39. The summed E-state index contributed by atoms with van der Waals surface area (Å²) < 4.78 is 5.44. The number of carbonyl (C=O) groups is 1. The van der Waals surface area contributed by atoms with Crippen LogP contribution in [0.5, 0.6) is 0 Å². The van der Waals surface area contributed by atoms with Crippen LogP contribution in [0.4, 0.5) is 0 Å². The Labute approximate surface area is 115 Å². The van der Waals surface area contributed by atoms with Crippen molar-refractivity contribution in [2.75, 3.05) is 13.2 Å². The second-order valence-electron chi connectivity index (χ2n) is 6.51. The Morgan fingerprint density at radius 3 is 2.58 bits per heavy atom. The molecule has 1 saturated carbocycles. The van der Waals surface area contributed by atoms with Gasteiger partial charge < -0.3 is 9.64 Å². The maximum Gasteiger partial charge on any atom is 0.244 e. The molecule has 3 fully saturated rings. The summed E-state index contributed by atoms with van der Waals surface area (Å²) in [6, 6.07) is 0.332. The van der Waals surface area contributed by atoms with Crippen molar-refractivity contribution in [2.24, 2.45) is 5.92 Å². The van der Waals surface area contributed by atoms with Crippen LogP contribution < -0.4 is 5.32 Å². The van der Waals surface area contributed by atoms with Crippen molar-refractivity contribution < 1.29 is 9.53 Å². The second-order valence-corrected chi connectivity index (χ2v) is 6.51. The summed E-state index contributed by atoms with van der Waals surface area (Å²) in [7, 11) is 0. The molecule has 0 aromatic carbocycles. The first-order valence-corrected chi connectivity index (χ1v) is 7.82. The lowest BCUT2D eigenvalue weighted by molar-refractivity contribution is -0.136. The van der Waals surface area contributed by atoms with Gasteiger partial charge in [0.25, 0.3) is 0 Å². The molecular weight excluding hydrogens is 240 g/mol. The van der Waals surface area contributed by atoms with Gasteiger partial charge in [-0.3, -0.25) is 10.1 Å². The third kappa shape index (κ3) is 2.19. The van der Waals surface area contributed by atoms with E-state index in [-0.39, 0.29) is 11.7 Å². The molecule has 3 aliphatic rings. The summed E-state index contributed by atoms with van der Waals surface area (Å²) >= 11 is 0. The van der Waals surface area contributed by atoms with Crippen LogP contribution in [-0.2, 0) is 9.53 Å². The van der Waals surface area contributed by atoms with Gasteiger partial charge in [0, 0.05) is 19.3 Å². The third-order valence-electron chi connectivity index (χ3n) is 5.39. The normalized spacial score (nSPS) is 33.3. The molecule has 4 heteroatoms. The van der Waals surface area contributed by atoms with Gasteiger partial charge in [0.15, 0.2) is 0 Å². The number of amides is 1. The Morgan fingerprint density at radius 2 is 1.95 bits per heavy atom. The van der Waals surface area contributed by atoms with Gasteiger partial charge >= 0.3 is 0 Å². The SMILES string of the molecule is CC1NC2(CCCC2)C(=O)N1C(C)C1CCOCC1. The van der Waals surface area contributed by atoms with E-state index in [1.807, 2.05) is 0 Å². The van der Waals surface area contributed by atoms with Gasteiger partial charge in [-0.05, 0) is 45.4 Å². The quantitative estimate of drug-likeness (QED) is 0.830. The number of ether oxygens (including phenoxy) is 1. The lowest BCUT2D eigenvalue weighted by Gasteiger charge is -2.36. The molecule has 2 atom stereocenters. The van der Waals surface area contributed by atoms with Gasteiger partial charge in [-0.25, -0.2) is 0 Å². The lowest BCUT2D eigenvalue weighted by atomic mass is 9.90. The predicted octanol–water partition coefficient (Wildman–Crippen LogP) is 1.89. The maximum atomic E-state index is 12.9. The van der Waals surface area contributed by atoms with E-state index in [2.05, 4.69) is 24.1 Å². The minimum Gasteiger partial charge on any atom is -0.381 e. The Balaban J connectivity index is 1.74. The number of nitrogens with one attached hydrogen (secondary N) is 1. The summed E-state index contributed by atoms with van der Waals surface area (Å²) in [6.45, 7) is 6.06. The smallest absolute Gasteiger partial charge is 0.244 e. The van der Waals surface area contributed by atoms with Crippen LogP contribution in [0.25, 0.3) is 0 Å². The zero-order valence-electron chi connectivity index (χ0n) is 12.2. The summed E-state index contributed by atoms with van der Waals surface area (Å²) in [5.41, 5.74) is -0.223. The van der Waals surface area contributed by atoms with Gasteiger partial charge in [0.1, 0.15) is 0 Å². The van der Waals surface area contributed by atoms with Gasteiger partial charge in [-0.15, -0.1) is 0 Å². The largest absolute Gasteiger partial charge is 0.381 e. The van der Waals surface area contributed by atoms with Crippen LogP contribution in [0.15, 0.2) is 0 Å². The molecule has 0 aromatic rings. The molecule has 0 radical (unpaired) electrons. The van der Waals surface area contributed by atoms with Crippen LogP contribution in [0, 0.1) is 5.92 Å². The van der Waals surface area contributed by atoms with Gasteiger partial charge in [0.05, 0.1) is 11.7 Å². The molecule has 1 spiro atoms. The Morgan fingerprint density at radius 1 is 1.32 bits per heavy atom. The van der Waals surface area contributed by atoms with Gasteiger partial charge in [0.2, 0.25) is 5.91 Å². The summed E-state index contributed by atoms with van der Waals surface area (Å²) in [4.78, 5) is 15.0. The van der Waals surface area contributed by atoms with E-state index in [9.17, 15) is 4.79 Å². The van der Waals surface area contributed by atoms with E-state index in [1.54, 1.807) is 0 Å². The minimum atomic E-state index is -0.223. The first kappa shape index (κ1) is 13.4. The van der Waals surface area contributed by atoms with Crippen molar-refractivity contribution in [3.63, 3.8) is 0 Å². The van der Waals surface area contributed by atoms with Crippen molar-refractivity contribution in [2.45, 2.75) is 70.1 Å². The molecule has 1 N–H and O–H groups in total. The molecule has 19 heavy (non-hydrogen) atoms. The minimum absolute atomic E-state index is 0.184. The van der Waals surface area contributed by atoms with Crippen LogP contribution in [0.3, 0.4) is 0 Å². The molecule has 3 rings (SSSR count). The zero-order valence-corrected chi connectivity index (χ0v) is 12.2. The molecule has 2 heterocycles. The van der Waals surface area contributed by atoms with E-state index in [1.165, 1.54) is 12.8 Å². The number of hydrogen-bond acceptors (Lipinski definition) is 3. The van der Waals surface area contributed by atoms with E-state index >= 15 is 0 Å². The zero-order chi connectivity index (χ0) is 13.5. The molecule has 0 aromatic heterocycles. The molecule has 2 saturated heterocycles. The fraction of sp³-hybridized carbons (Fsp3) is 0.933. The molecule has 2 unspecified atom stereocenters. The topological polar surface area (TPSA) is 41.6 Å². The highest BCUT2D eigenvalue weighted by atomic mass is 16.5. The van der Waals surface area contributed by atoms with Crippen molar-refractivity contribution in [3.05, 3.63) is 0 Å².